The smallest absolute Gasteiger partial charge is 0.294 e. The summed E-state index contributed by atoms with van der Waals surface area (Å²) in [6, 6.07) is 6.88. The van der Waals surface area contributed by atoms with Crippen LogP contribution in [0.3, 0.4) is 0 Å². The Morgan fingerprint density at radius 2 is 1.92 bits per heavy atom. The molecule has 1 unspecified atom stereocenters. The first-order valence-electron chi connectivity index (χ1n) is 11.4. The second-order valence-corrected chi connectivity index (χ2v) is 10.0. The van der Waals surface area contributed by atoms with Crippen LogP contribution in [0.15, 0.2) is 47.2 Å². The molecule has 2 aromatic carbocycles. The molecule has 36 heavy (non-hydrogen) atoms. The van der Waals surface area contributed by atoms with Crippen LogP contribution in [0, 0.1) is 27.8 Å². The van der Waals surface area contributed by atoms with Crippen molar-refractivity contribution < 1.29 is 18.9 Å². The van der Waals surface area contributed by atoms with Gasteiger partial charge in [-0.1, -0.05) is 35.8 Å². The minimum absolute atomic E-state index is 0.00452. The highest BCUT2D eigenvalue weighted by Crippen LogP contribution is 2.36. The van der Waals surface area contributed by atoms with E-state index in [1.165, 1.54) is 37.6 Å². The summed E-state index contributed by atoms with van der Waals surface area (Å²) in [6.45, 7) is 4.81. The Balaban J connectivity index is 1.58. The Kier molecular flexibility index (Phi) is 7.21. The van der Waals surface area contributed by atoms with Crippen molar-refractivity contribution in [1.29, 1.82) is 0 Å². The molecule has 2 N–H and O–H groups in total. The highest BCUT2D eigenvalue weighted by atomic mass is 79.9. The summed E-state index contributed by atoms with van der Waals surface area (Å²) < 4.78 is 14.0. The van der Waals surface area contributed by atoms with E-state index < -0.39 is 16.6 Å². The van der Waals surface area contributed by atoms with E-state index in [1.54, 1.807) is 17.0 Å². The van der Waals surface area contributed by atoms with E-state index in [-0.39, 0.29) is 40.7 Å². The van der Waals surface area contributed by atoms with Crippen molar-refractivity contribution in [2.75, 3.05) is 25.5 Å². The van der Waals surface area contributed by atoms with Gasteiger partial charge in [-0.3, -0.25) is 24.7 Å². The van der Waals surface area contributed by atoms with E-state index in [0.29, 0.717) is 33.9 Å². The minimum Gasteiger partial charge on any atom is -0.375 e. The van der Waals surface area contributed by atoms with Gasteiger partial charge in [-0.15, -0.1) is 0 Å². The van der Waals surface area contributed by atoms with E-state index >= 15 is 0 Å². The molecule has 1 aliphatic rings. The van der Waals surface area contributed by atoms with Gasteiger partial charge in [0.2, 0.25) is 0 Å². The number of nitrogens with zero attached hydrogens (tertiary/aromatic N) is 3. The number of fused-ring (bicyclic) bond motifs is 1. The van der Waals surface area contributed by atoms with E-state index in [2.05, 4.69) is 31.5 Å². The van der Waals surface area contributed by atoms with Crippen LogP contribution in [0.4, 0.5) is 15.8 Å². The summed E-state index contributed by atoms with van der Waals surface area (Å²) in [5, 5.41) is 18.8. The van der Waals surface area contributed by atoms with Gasteiger partial charge in [0, 0.05) is 60.4 Å². The standard InChI is InChI=1S/C25H25BrFN5O4/c1-13(2)22(30-23-19(24(33)28-3)7-16(26)8-21(23)32(35)36)15-11-31(12-15)25(34)20-10-29-9-14-6-17(27)4-5-18(14)20/h4-10,13,15,22,30H,11-12H2,1-3H3,(H,28,33). The monoisotopic (exact) mass is 557 g/mol. The Morgan fingerprint density at radius 3 is 2.56 bits per heavy atom. The number of hydrogen-bond acceptors (Lipinski definition) is 6. The normalized spacial score (nSPS) is 14.4. The summed E-state index contributed by atoms with van der Waals surface area (Å²) in [4.78, 5) is 42.8. The Morgan fingerprint density at radius 1 is 1.19 bits per heavy atom. The molecule has 11 heteroatoms. The molecule has 1 saturated heterocycles. The molecule has 1 fully saturated rings. The molecule has 0 saturated carbocycles. The van der Waals surface area contributed by atoms with Gasteiger partial charge in [-0.2, -0.15) is 0 Å². The fraction of sp³-hybridized carbons (Fsp3) is 0.320. The van der Waals surface area contributed by atoms with Crippen LogP contribution in [0.5, 0.6) is 0 Å². The topological polar surface area (TPSA) is 117 Å². The lowest BCUT2D eigenvalue weighted by Crippen LogP contribution is -2.57. The third kappa shape index (κ3) is 4.88. The first-order valence-corrected chi connectivity index (χ1v) is 12.2. The number of nitrogens with one attached hydrogen (secondary N) is 2. The van der Waals surface area contributed by atoms with Crippen molar-refractivity contribution in [3.8, 4) is 0 Å². The molecule has 9 nitrogen and oxygen atoms in total. The molecule has 1 aliphatic heterocycles. The average Bonchev–Trinajstić information content (AvgIpc) is 2.81. The van der Waals surface area contributed by atoms with Gasteiger partial charge in [0.05, 0.1) is 16.1 Å². The van der Waals surface area contributed by atoms with Crippen LogP contribution < -0.4 is 10.6 Å². The van der Waals surface area contributed by atoms with Crippen LogP contribution in [0.1, 0.15) is 34.6 Å². The van der Waals surface area contributed by atoms with E-state index in [1.807, 2.05) is 13.8 Å². The number of nitro groups is 1. The number of likely N-dealkylation sites (tertiary alicyclic amines) is 1. The number of rotatable bonds is 7. The quantitative estimate of drug-likeness (QED) is 0.323. The van der Waals surface area contributed by atoms with Crippen molar-refractivity contribution in [2.24, 2.45) is 11.8 Å². The molecule has 0 radical (unpaired) electrons. The number of hydrogen-bond donors (Lipinski definition) is 2. The number of pyridine rings is 1. The van der Waals surface area contributed by atoms with Crippen molar-refractivity contribution in [3.63, 3.8) is 0 Å². The highest BCUT2D eigenvalue weighted by Gasteiger charge is 2.39. The number of carbonyl (C=O) groups excluding carboxylic acids is 2. The first-order chi connectivity index (χ1) is 17.1. The molecular formula is C25H25BrFN5O4. The van der Waals surface area contributed by atoms with Crippen molar-refractivity contribution in [3.05, 3.63) is 74.3 Å². The second kappa shape index (κ2) is 10.2. The summed E-state index contributed by atoms with van der Waals surface area (Å²) in [7, 11) is 1.46. The van der Waals surface area contributed by atoms with E-state index in [0.717, 1.165) is 0 Å². The number of nitro benzene ring substituents is 1. The van der Waals surface area contributed by atoms with Crippen molar-refractivity contribution in [1.82, 2.24) is 15.2 Å². The minimum atomic E-state index is -0.524. The molecule has 2 amide bonds. The molecular weight excluding hydrogens is 533 g/mol. The van der Waals surface area contributed by atoms with Crippen LogP contribution in [-0.2, 0) is 0 Å². The second-order valence-electron chi connectivity index (χ2n) is 9.12. The molecule has 188 valence electrons. The number of carbonyl (C=O) groups is 2. The number of anilines is 1. The maximum Gasteiger partial charge on any atom is 0.294 e. The Labute approximate surface area is 215 Å². The zero-order chi connectivity index (χ0) is 26.1. The fourth-order valence-corrected chi connectivity index (χ4v) is 5.04. The predicted octanol–water partition coefficient (Wildman–Crippen LogP) is 4.61. The Bertz CT molecular complexity index is 1360. The van der Waals surface area contributed by atoms with Crippen molar-refractivity contribution in [2.45, 2.75) is 19.9 Å². The molecule has 0 bridgehead atoms. The number of aromatic nitrogens is 1. The van der Waals surface area contributed by atoms with Gasteiger partial charge in [0.1, 0.15) is 11.5 Å². The predicted molar refractivity (Wildman–Crippen MR) is 138 cm³/mol. The summed E-state index contributed by atoms with van der Waals surface area (Å²) >= 11 is 3.25. The van der Waals surface area contributed by atoms with Crippen LogP contribution in [0.2, 0.25) is 0 Å². The van der Waals surface area contributed by atoms with E-state index in [9.17, 15) is 24.1 Å². The van der Waals surface area contributed by atoms with Crippen molar-refractivity contribution >= 4 is 49.9 Å². The fourth-order valence-electron chi connectivity index (χ4n) is 4.59. The summed E-state index contributed by atoms with van der Waals surface area (Å²) in [5.41, 5.74) is 0.484. The maximum absolute atomic E-state index is 13.6. The maximum atomic E-state index is 13.6. The van der Waals surface area contributed by atoms with Crippen LogP contribution in [-0.4, -0.2) is 52.8 Å². The third-order valence-corrected chi connectivity index (χ3v) is 6.89. The third-order valence-electron chi connectivity index (χ3n) is 6.44. The molecule has 2 heterocycles. The van der Waals surface area contributed by atoms with E-state index in [4.69, 9.17) is 0 Å². The number of halogens is 2. The van der Waals surface area contributed by atoms with Gasteiger partial charge in [0.15, 0.2) is 0 Å². The molecule has 1 atom stereocenters. The lowest BCUT2D eigenvalue weighted by atomic mass is 9.83. The van der Waals surface area contributed by atoms with Gasteiger partial charge < -0.3 is 15.5 Å². The number of benzene rings is 2. The van der Waals surface area contributed by atoms with Gasteiger partial charge in [0.25, 0.3) is 17.5 Å². The van der Waals surface area contributed by atoms with Gasteiger partial charge in [-0.25, -0.2) is 4.39 Å². The highest BCUT2D eigenvalue weighted by molar-refractivity contribution is 9.10. The SMILES string of the molecule is CNC(=O)c1cc(Br)cc([N+](=O)[O-])c1NC(C(C)C)C1CN(C(=O)c2cncc3cc(F)ccc23)C1. The molecule has 0 spiro atoms. The molecule has 4 rings (SSSR count). The molecule has 3 aromatic rings. The Hall–Kier alpha value is -3.60. The largest absolute Gasteiger partial charge is 0.375 e. The summed E-state index contributed by atoms with van der Waals surface area (Å²) in [6.07, 6.45) is 3.00. The van der Waals surface area contributed by atoms with Crippen LogP contribution >= 0.6 is 15.9 Å². The first kappa shape index (κ1) is 25.5. The number of amides is 2. The zero-order valence-electron chi connectivity index (χ0n) is 19.9. The molecule has 0 aliphatic carbocycles. The lowest BCUT2D eigenvalue weighted by Gasteiger charge is -2.45. The molecule has 1 aromatic heterocycles. The van der Waals surface area contributed by atoms with Gasteiger partial charge >= 0.3 is 0 Å². The zero-order valence-corrected chi connectivity index (χ0v) is 21.5. The summed E-state index contributed by atoms with van der Waals surface area (Å²) in [5.74, 6) is -1.01. The average molecular weight is 558 g/mol. The van der Waals surface area contributed by atoms with Gasteiger partial charge in [-0.05, 0) is 29.5 Å². The lowest BCUT2D eigenvalue weighted by molar-refractivity contribution is -0.384. The van der Waals surface area contributed by atoms with Crippen LogP contribution in [0.25, 0.3) is 10.8 Å².